The normalized spacial score (nSPS) is 13.6. The Hall–Kier alpha value is -1.11. The summed E-state index contributed by atoms with van der Waals surface area (Å²) in [6.45, 7) is 1.81. The Morgan fingerprint density at radius 2 is 2.19 bits per heavy atom. The van der Waals surface area contributed by atoms with Crippen LogP contribution < -0.4 is 10.5 Å². The standard InChI is InChI=1S/C10H16N2O3S/c1-8(13)5-6-12-16(14,15)10-4-2-3-9(11)7-10/h2-4,7-8,12-13H,5-6,11H2,1H3. The molecule has 0 spiro atoms. The molecule has 0 aliphatic heterocycles. The first kappa shape index (κ1) is 13.0. The van der Waals surface area contributed by atoms with E-state index in [1.165, 1.54) is 12.1 Å². The summed E-state index contributed by atoms with van der Waals surface area (Å²) in [6.07, 6.45) is -0.148. The van der Waals surface area contributed by atoms with Crippen LogP contribution in [-0.2, 0) is 10.0 Å². The van der Waals surface area contributed by atoms with Crippen molar-refractivity contribution in [3.05, 3.63) is 24.3 Å². The van der Waals surface area contributed by atoms with E-state index < -0.39 is 16.1 Å². The molecular weight excluding hydrogens is 228 g/mol. The zero-order valence-electron chi connectivity index (χ0n) is 9.05. The number of nitrogens with two attached hydrogens (primary N) is 1. The number of anilines is 1. The van der Waals surface area contributed by atoms with Gasteiger partial charge < -0.3 is 10.8 Å². The van der Waals surface area contributed by atoms with Crippen molar-refractivity contribution in [1.82, 2.24) is 4.72 Å². The quantitative estimate of drug-likeness (QED) is 0.650. The highest BCUT2D eigenvalue weighted by atomic mass is 32.2. The Balaban J connectivity index is 2.71. The van der Waals surface area contributed by atoms with Crippen LogP contribution in [0.15, 0.2) is 29.2 Å². The Bertz CT molecular complexity index is 443. The molecule has 16 heavy (non-hydrogen) atoms. The van der Waals surface area contributed by atoms with Gasteiger partial charge in [0.15, 0.2) is 0 Å². The van der Waals surface area contributed by atoms with Crippen LogP contribution in [0.5, 0.6) is 0 Å². The Morgan fingerprint density at radius 3 is 2.75 bits per heavy atom. The lowest BCUT2D eigenvalue weighted by molar-refractivity contribution is 0.186. The lowest BCUT2D eigenvalue weighted by Gasteiger charge is -2.08. The Kier molecular flexibility index (Phi) is 4.28. The molecule has 0 aromatic heterocycles. The zero-order valence-corrected chi connectivity index (χ0v) is 9.87. The minimum atomic E-state index is -3.52. The van der Waals surface area contributed by atoms with E-state index in [1.807, 2.05) is 0 Å². The predicted octanol–water partition coefficient (Wildman–Crippen LogP) is 0.318. The van der Waals surface area contributed by atoms with E-state index in [-0.39, 0.29) is 11.4 Å². The fraction of sp³-hybridized carbons (Fsp3) is 0.400. The number of sulfonamides is 1. The van der Waals surface area contributed by atoms with Gasteiger partial charge in [0.25, 0.3) is 0 Å². The van der Waals surface area contributed by atoms with Gasteiger partial charge in [-0.05, 0) is 31.5 Å². The lowest BCUT2D eigenvalue weighted by Crippen LogP contribution is -2.26. The molecular formula is C10H16N2O3S. The van der Waals surface area contributed by atoms with E-state index in [2.05, 4.69) is 4.72 Å². The second-order valence-corrected chi connectivity index (χ2v) is 5.37. The molecule has 0 radical (unpaired) electrons. The van der Waals surface area contributed by atoms with Crippen LogP contribution in [0.3, 0.4) is 0 Å². The van der Waals surface area contributed by atoms with Gasteiger partial charge in [-0.2, -0.15) is 0 Å². The molecule has 0 aliphatic rings. The molecule has 90 valence electrons. The van der Waals surface area contributed by atoms with Crippen molar-refractivity contribution in [2.24, 2.45) is 0 Å². The summed E-state index contributed by atoms with van der Waals surface area (Å²) in [4.78, 5) is 0.137. The number of nitrogens with one attached hydrogen (secondary N) is 1. The Morgan fingerprint density at radius 1 is 1.50 bits per heavy atom. The first-order valence-electron chi connectivity index (χ1n) is 4.95. The summed E-state index contributed by atoms with van der Waals surface area (Å²) >= 11 is 0. The van der Waals surface area contributed by atoms with Crippen molar-refractivity contribution in [2.45, 2.75) is 24.3 Å². The maximum absolute atomic E-state index is 11.7. The van der Waals surface area contributed by atoms with E-state index in [9.17, 15) is 8.42 Å². The lowest BCUT2D eigenvalue weighted by atomic mass is 10.3. The molecule has 0 heterocycles. The molecule has 1 unspecified atom stereocenters. The number of aliphatic hydroxyl groups is 1. The van der Waals surface area contributed by atoms with E-state index in [1.54, 1.807) is 19.1 Å². The number of rotatable bonds is 5. The topological polar surface area (TPSA) is 92.4 Å². The summed E-state index contributed by atoms with van der Waals surface area (Å²) in [5.74, 6) is 0. The second-order valence-electron chi connectivity index (χ2n) is 3.61. The van der Waals surface area contributed by atoms with Crippen molar-refractivity contribution < 1.29 is 13.5 Å². The average Bonchev–Trinajstić information content (AvgIpc) is 2.16. The summed E-state index contributed by atoms with van der Waals surface area (Å²) in [5, 5.41) is 9.01. The van der Waals surface area contributed by atoms with Gasteiger partial charge in [-0.3, -0.25) is 0 Å². The van der Waals surface area contributed by atoms with Crippen LogP contribution in [0.2, 0.25) is 0 Å². The highest BCUT2D eigenvalue weighted by Gasteiger charge is 2.13. The van der Waals surface area contributed by atoms with Crippen LogP contribution in [0.4, 0.5) is 5.69 Å². The van der Waals surface area contributed by atoms with Crippen molar-refractivity contribution in [1.29, 1.82) is 0 Å². The minimum Gasteiger partial charge on any atom is -0.399 e. The maximum Gasteiger partial charge on any atom is 0.240 e. The molecule has 0 saturated carbocycles. The summed E-state index contributed by atoms with van der Waals surface area (Å²) in [6, 6.07) is 6.07. The second kappa shape index (κ2) is 5.29. The number of nitrogen functional groups attached to an aromatic ring is 1. The first-order valence-corrected chi connectivity index (χ1v) is 6.43. The largest absolute Gasteiger partial charge is 0.399 e. The molecule has 5 nitrogen and oxygen atoms in total. The van der Waals surface area contributed by atoms with Gasteiger partial charge in [-0.25, -0.2) is 13.1 Å². The molecule has 0 aliphatic carbocycles. The van der Waals surface area contributed by atoms with Gasteiger partial charge in [-0.15, -0.1) is 0 Å². The van der Waals surface area contributed by atoms with Crippen molar-refractivity contribution in [3.8, 4) is 0 Å². The molecule has 0 saturated heterocycles. The molecule has 1 rings (SSSR count). The minimum absolute atomic E-state index is 0.137. The molecule has 1 aromatic rings. The van der Waals surface area contributed by atoms with Gasteiger partial charge in [0.05, 0.1) is 11.0 Å². The van der Waals surface area contributed by atoms with Crippen molar-refractivity contribution in [3.63, 3.8) is 0 Å². The van der Waals surface area contributed by atoms with Crippen LogP contribution in [0.1, 0.15) is 13.3 Å². The zero-order chi connectivity index (χ0) is 12.2. The third-order valence-corrected chi connectivity index (χ3v) is 3.48. The summed E-state index contributed by atoms with van der Waals surface area (Å²) in [7, 11) is -3.52. The number of benzene rings is 1. The predicted molar refractivity (Wildman–Crippen MR) is 62.3 cm³/mol. The van der Waals surface area contributed by atoms with E-state index in [0.717, 1.165) is 0 Å². The van der Waals surface area contributed by atoms with Crippen LogP contribution >= 0.6 is 0 Å². The monoisotopic (exact) mass is 244 g/mol. The summed E-state index contributed by atoms with van der Waals surface area (Å²) < 4.78 is 25.8. The van der Waals surface area contributed by atoms with Crippen molar-refractivity contribution >= 4 is 15.7 Å². The number of hydrogen-bond donors (Lipinski definition) is 3. The molecule has 4 N–H and O–H groups in total. The van der Waals surface area contributed by atoms with E-state index >= 15 is 0 Å². The number of aliphatic hydroxyl groups excluding tert-OH is 1. The van der Waals surface area contributed by atoms with E-state index in [4.69, 9.17) is 10.8 Å². The highest BCUT2D eigenvalue weighted by molar-refractivity contribution is 7.89. The molecule has 6 heteroatoms. The fourth-order valence-corrected chi connectivity index (χ4v) is 2.27. The van der Waals surface area contributed by atoms with Gasteiger partial charge in [0, 0.05) is 12.2 Å². The number of hydrogen-bond acceptors (Lipinski definition) is 4. The highest BCUT2D eigenvalue weighted by Crippen LogP contribution is 2.12. The smallest absolute Gasteiger partial charge is 0.240 e. The molecule has 1 aromatic carbocycles. The van der Waals surface area contributed by atoms with Crippen LogP contribution in [0.25, 0.3) is 0 Å². The third-order valence-electron chi connectivity index (χ3n) is 2.02. The third kappa shape index (κ3) is 3.80. The molecule has 1 atom stereocenters. The SMILES string of the molecule is CC(O)CCNS(=O)(=O)c1cccc(N)c1. The molecule has 0 amide bonds. The fourth-order valence-electron chi connectivity index (χ4n) is 1.17. The van der Waals surface area contributed by atoms with Gasteiger partial charge >= 0.3 is 0 Å². The summed E-state index contributed by atoms with van der Waals surface area (Å²) in [5.41, 5.74) is 5.90. The van der Waals surface area contributed by atoms with Crippen LogP contribution in [-0.4, -0.2) is 26.2 Å². The average molecular weight is 244 g/mol. The maximum atomic E-state index is 11.7. The Labute approximate surface area is 95.3 Å². The van der Waals surface area contributed by atoms with Crippen molar-refractivity contribution in [2.75, 3.05) is 12.3 Å². The van der Waals surface area contributed by atoms with Gasteiger partial charge in [0.1, 0.15) is 0 Å². The molecule has 0 fully saturated rings. The van der Waals surface area contributed by atoms with Crippen LogP contribution in [0, 0.1) is 0 Å². The van der Waals surface area contributed by atoms with E-state index in [0.29, 0.717) is 12.1 Å². The van der Waals surface area contributed by atoms with Gasteiger partial charge in [-0.1, -0.05) is 6.07 Å². The van der Waals surface area contributed by atoms with Gasteiger partial charge in [0.2, 0.25) is 10.0 Å². The molecule has 0 bridgehead atoms. The first-order chi connectivity index (χ1) is 7.42.